The largest absolute Gasteiger partial charge is 0.497 e. The van der Waals surface area contributed by atoms with Gasteiger partial charge in [0.25, 0.3) is 5.91 Å². The summed E-state index contributed by atoms with van der Waals surface area (Å²) in [6.45, 7) is 2.95. The van der Waals surface area contributed by atoms with Crippen molar-refractivity contribution in [2.75, 3.05) is 39.2 Å². The molecule has 0 aliphatic carbocycles. The van der Waals surface area contributed by atoms with Crippen molar-refractivity contribution in [3.8, 4) is 16.3 Å². The predicted octanol–water partition coefficient (Wildman–Crippen LogP) is 3.64. The lowest BCUT2D eigenvalue weighted by Gasteiger charge is -2.23. The molecule has 1 aromatic heterocycles. The molecule has 168 valence electrons. The normalized spacial score (nSPS) is 10.6. The molecule has 0 atom stereocenters. The lowest BCUT2D eigenvalue weighted by molar-refractivity contribution is -0.116. The van der Waals surface area contributed by atoms with Gasteiger partial charge in [-0.2, -0.15) is 0 Å². The molecule has 2 aromatic carbocycles. The molecule has 2 amide bonds. The van der Waals surface area contributed by atoms with Crippen molar-refractivity contribution in [2.24, 2.45) is 0 Å². The number of benzene rings is 2. The van der Waals surface area contributed by atoms with Gasteiger partial charge in [-0.15, -0.1) is 10.2 Å². The molecular weight excluding hydrogens is 428 g/mol. The molecule has 8 nitrogen and oxygen atoms in total. The number of aromatic nitrogens is 2. The van der Waals surface area contributed by atoms with E-state index in [9.17, 15) is 9.59 Å². The zero-order valence-electron chi connectivity index (χ0n) is 18.3. The van der Waals surface area contributed by atoms with Gasteiger partial charge >= 0.3 is 0 Å². The second-order valence-corrected chi connectivity index (χ2v) is 8.02. The van der Waals surface area contributed by atoms with E-state index in [-0.39, 0.29) is 24.8 Å². The summed E-state index contributed by atoms with van der Waals surface area (Å²) in [7, 11) is 3.19. The molecule has 0 saturated heterocycles. The number of anilines is 1. The highest BCUT2D eigenvalue weighted by Gasteiger charge is 2.19. The summed E-state index contributed by atoms with van der Waals surface area (Å²) in [6, 6.07) is 14.9. The Hall–Kier alpha value is -3.30. The molecule has 1 heterocycles. The van der Waals surface area contributed by atoms with Gasteiger partial charge in [0.1, 0.15) is 10.8 Å². The summed E-state index contributed by atoms with van der Waals surface area (Å²) < 4.78 is 10.3. The number of aryl methyl sites for hydroxylation is 1. The minimum absolute atomic E-state index is 0.120. The number of nitrogens with one attached hydrogen (secondary N) is 1. The van der Waals surface area contributed by atoms with Gasteiger partial charge in [0.05, 0.1) is 13.7 Å². The minimum Gasteiger partial charge on any atom is -0.497 e. The zero-order valence-corrected chi connectivity index (χ0v) is 19.1. The fourth-order valence-electron chi connectivity index (χ4n) is 3.04. The Balaban J connectivity index is 1.59. The van der Waals surface area contributed by atoms with E-state index in [1.54, 1.807) is 25.2 Å². The van der Waals surface area contributed by atoms with Gasteiger partial charge in [0.15, 0.2) is 0 Å². The van der Waals surface area contributed by atoms with Crippen LogP contribution in [0.2, 0.25) is 0 Å². The van der Waals surface area contributed by atoms with Gasteiger partial charge in [0.2, 0.25) is 11.0 Å². The lowest BCUT2D eigenvalue weighted by Crippen LogP contribution is -2.36. The van der Waals surface area contributed by atoms with Crippen LogP contribution in [0.4, 0.5) is 5.13 Å². The van der Waals surface area contributed by atoms with Crippen LogP contribution in [0.25, 0.3) is 10.6 Å². The van der Waals surface area contributed by atoms with Crippen LogP contribution in [0.5, 0.6) is 5.75 Å². The van der Waals surface area contributed by atoms with Crippen molar-refractivity contribution in [3.63, 3.8) is 0 Å². The van der Waals surface area contributed by atoms with Gasteiger partial charge in [-0.25, -0.2) is 0 Å². The van der Waals surface area contributed by atoms with Gasteiger partial charge in [0, 0.05) is 37.7 Å². The van der Waals surface area contributed by atoms with Crippen molar-refractivity contribution in [3.05, 3.63) is 59.7 Å². The fourth-order valence-corrected chi connectivity index (χ4v) is 3.81. The van der Waals surface area contributed by atoms with Crippen LogP contribution in [0.15, 0.2) is 48.5 Å². The molecule has 0 saturated carbocycles. The summed E-state index contributed by atoms with van der Waals surface area (Å²) in [4.78, 5) is 27.1. The Morgan fingerprint density at radius 1 is 1.03 bits per heavy atom. The van der Waals surface area contributed by atoms with E-state index >= 15 is 0 Å². The fraction of sp³-hybridized carbons (Fsp3) is 0.304. The van der Waals surface area contributed by atoms with Crippen LogP contribution in [0, 0.1) is 6.92 Å². The maximum atomic E-state index is 13.0. The van der Waals surface area contributed by atoms with Crippen LogP contribution < -0.4 is 10.1 Å². The van der Waals surface area contributed by atoms with Crippen molar-refractivity contribution in [2.45, 2.75) is 13.3 Å². The van der Waals surface area contributed by atoms with Crippen molar-refractivity contribution < 1.29 is 19.1 Å². The van der Waals surface area contributed by atoms with Gasteiger partial charge < -0.3 is 19.7 Å². The van der Waals surface area contributed by atoms with Crippen LogP contribution in [0.1, 0.15) is 22.3 Å². The van der Waals surface area contributed by atoms with Gasteiger partial charge in [-0.3, -0.25) is 9.59 Å². The van der Waals surface area contributed by atoms with E-state index in [4.69, 9.17) is 9.47 Å². The molecule has 0 spiro atoms. The van der Waals surface area contributed by atoms with Crippen molar-refractivity contribution in [1.82, 2.24) is 15.1 Å². The molecule has 0 aliphatic heterocycles. The minimum atomic E-state index is -0.234. The van der Waals surface area contributed by atoms with Crippen LogP contribution in [0.3, 0.4) is 0 Å². The Kier molecular flexibility index (Phi) is 8.29. The average Bonchev–Trinajstić information content (AvgIpc) is 3.27. The highest BCUT2D eigenvalue weighted by atomic mass is 32.1. The monoisotopic (exact) mass is 454 g/mol. The first-order valence-corrected chi connectivity index (χ1v) is 10.9. The molecule has 32 heavy (non-hydrogen) atoms. The SMILES string of the molecule is COCCN(CCC(=O)Nc1nnc(-c2ccc(OC)cc2)s1)C(=O)c1ccccc1C. The Morgan fingerprint density at radius 3 is 2.47 bits per heavy atom. The van der Waals surface area contributed by atoms with Crippen LogP contribution in [-0.2, 0) is 9.53 Å². The number of methoxy groups -OCH3 is 2. The molecule has 1 N–H and O–H groups in total. The lowest BCUT2D eigenvalue weighted by atomic mass is 10.1. The third-order valence-corrected chi connectivity index (χ3v) is 5.73. The number of amides is 2. The van der Waals surface area contributed by atoms with Crippen LogP contribution in [-0.4, -0.2) is 60.8 Å². The summed E-state index contributed by atoms with van der Waals surface area (Å²) in [5.74, 6) is 0.401. The first-order valence-electron chi connectivity index (χ1n) is 10.1. The number of hydrogen-bond donors (Lipinski definition) is 1. The molecular formula is C23H26N4O4S. The quantitative estimate of drug-likeness (QED) is 0.503. The van der Waals surface area contributed by atoms with Crippen molar-refractivity contribution in [1.29, 1.82) is 0 Å². The first-order chi connectivity index (χ1) is 15.5. The van der Waals surface area contributed by atoms with E-state index in [0.29, 0.717) is 28.9 Å². The zero-order chi connectivity index (χ0) is 22.9. The first kappa shape index (κ1) is 23.4. The Morgan fingerprint density at radius 2 is 1.78 bits per heavy atom. The Labute approximate surface area is 191 Å². The third kappa shape index (κ3) is 6.12. The molecule has 3 aromatic rings. The van der Waals surface area contributed by atoms with Crippen LogP contribution >= 0.6 is 11.3 Å². The molecule has 0 bridgehead atoms. The molecule has 0 aliphatic rings. The summed E-state index contributed by atoms with van der Waals surface area (Å²) in [6.07, 6.45) is 0.138. The van der Waals surface area contributed by atoms with E-state index < -0.39 is 0 Å². The number of ether oxygens (including phenoxy) is 2. The van der Waals surface area contributed by atoms with Crippen molar-refractivity contribution >= 4 is 28.3 Å². The molecule has 0 unspecified atom stereocenters. The number of rotatable bonds is 10. The number of nitrogens with zero attached hydrogens (tertiary/aromatic N) is 3. The van der Waals surface area contributed by atoms with Gasteiger partial charge in [-0.1, -0.05) is 29.5 Å². The summed E-state index contributed by atoms with van der Waals surface area (Å²) >= 11 is 1.29. The summed E-state index contributed by atoms with van der Waals surface area (Å²) in [5.41, 5.74) is 2.40. The second-order valence-electron chi connectivity index (χ2n) is 7.04. The topological polar surface area (TPSA) is 93.7 Å². The number of hydrogen-bond acceptors (Lipinski definition) is 7. The smallest absolute Gasteiger partial charge is 0.254 e. The van der Waals surface area contributed by atoms with E-state index in [1.807, 2.05) is 49.4 Å². The number of carbonyl (C=O) groups excluding carboxylic acids is 2. The average molecular weight is 455 g/mol. The third-order valence-electron chi connectivity index (χ3n) is 4.85. The predicted molar refractivity (Wildman–Crippen MR) is 124 cm³/mol. The summed E-state index contributed by atoms with van der Waals surface area (Å²) in [5, 5.41) is 12.1. The number of carbonyl (C=O) groups is 2. The maximum absolute atomic E-state index is 13.0. The second kappa shape index (κ2) is 11.4. The molecule has 9 heteroatoms. The molecule has 0 fully saturated rings. The molecule has 0 radical (unpaired) electrons. The van der Waals surface area contributed by atoms with Gasteiger partial charge in [-0.05, 0) is 42.8 Å². The standard InChI is InChI=1S/C23H26N4O4S/c1-16-6-4-5-7-19(16)22(29)27(14-15-30-2)13-12-20(28)24-23-26-25-21(32-23)17-8-10-18(31-3)11-9-17/h4-11H,12-15H2,1-3H3,(H,24,26,28). The van der Waals surface area contributed by atoms with E-state index in [2.05, 4.69) is 15.5 Å². The highest BCUT2D eigenvalue weighted by Crippen LogP contribution is 2.27. The van der Waals surface area contributed by atoms with E-state index in [1.165, 1.54) is 11.3 Å². The highest BCUT2D eigenvalue weighted by molar-refractivity contribution is 7.18. The van der Waals surface area contributed by atoms with E-state index in [0.717, 1.165) is 16.9 Å². The Bertz CT molecular complexity index is 1050. The maximum Gasteiger partial charge on any atom is 0.254 e. The molecule has 3 rings (SSSR count).